The van der Waals surface area contributed by atoms with Gasteiger partial charge in [-0.05, 0) is 30.2 Å². The molecule has 0 spiro atoms. The Hall–Kier alpha value is -3.44. The predicted molar refractivity (Wildman–Crippen MR) is 122 cm³/mol. The second kappa shape index (κ2) is 9.43. The summed E-state index contributed by atoms with van der Waals surface area (Å²) in [5, 5.41) is 23.8. The highest BCUT2D eigenvalue weighted by Crippen LogP contribution is 2.42. The molecule has 4 rings (SSSR count). The van der Waals surface area contributed by atoms with Crippen LogP contribution in [0.2, 0.25) is 0 Å². The van der Waals surface area contributed by atoms with Crippen molar-refractivity contribution >= 4 is 35.2 Å². The third-order valence-corrected chi connectivity index (χ3v) is 7.36. The molecule has 2 amide bonds. The Labute approximate surface area is 199 Å². The highest BCUT2D eigenvalue weighted by Gasteiger charge is 2.61. The maximum atomic E-state index is 12.9. The van der Waals surface area contributed by atoms with Gasteiger partial charge in [-0.15, -0.1) is 11.8 Å². The standard InChI is InChI=1S/C23H23N3O7S/c1-23(30)13-34-21-18(24-17(27)11-14-5-3-2-4-6-14)20(28)25(21)19(23)22(29)33-12-15-7-9-16(10-8-15)26(31)32/h2-10,18-19,21,30H,11-13H2,1H3,(H,24,27)/t18?,19?,21-,23?/m0/s1. The van der Waals surface area contributed by atoms with E-state index >= 15 is 0 Å². The van der Waals surface area contributed by atoms with Crippen LogP contribution in [-0.2, 0) is 32.1 Å². The molecule has 0 saturated carbocycles. The molecule has 10 nitrogen and oxygen atoms in total. The second-order valence-electron chi connectivity index (χ2n) is 8.45. The number of aliphatic hydroxyl groups is 1. The largest absolute Gasteiger partial charge is 0.459 e. The molecule has 34 heavy (non-hydrogen) atoms. The molecule has 2 aliphatic rings. The van der Waals surface area contributed by atoms with Crippen LogP contribution in [0.15, 0.2) is 54.6 Å². The number of hydrogen-bond donors (Lipinski definition) is 2. The zero-order valence-corrected chi connectivity index (χ0v) is 19.1. The molecule has 0 bridgehead atoms. The van der Waals surface area contributed by atoms with Gasteiger partial charge in [-0.25, -0.2) is 4.79 Å². The average molecular weight is 486 g/mol. The molecule has 0 radical (unpaired) electrons. The van der Waals surface area contributed by atoms with Crippen LogP contribution in [0.3, 0.4) is 0 Å². The van der Waals surface area contributed by atoms with Gasteiger partial charge >= 0.3 is 5.97 Å². The first-order chi connectivity index (χ1) is 16.2. The van der Waals surface area contributed by atoms with Crippen LogP contribution in [0.4, 0.5) is 5.69 Å². The zero-order chi connectivity index (χ0) is 24.5. The summed E-state index contributed by atoms with van der Waals surface area (Å²) in [5.74, 6) is -1.38. The highest BCUT2D eigenvalue weighted by molar-refractivity contribution is 8.00. The molecule has 2 aliphatic heterocycles. The smallest absolute Gasteiger partial charge is 0.332 e. The molecule has 2 saturated heterocycles. The lowest BCUT2D eigenvalue weighted by atomic mass is 9.91. The minimum atomic E-state index is -1.53. The summed E-state index contributed by atoms with van der Waals surface area (Å²) in [7, 11) is 0. The van der Waals surface area contributed by atoms with Crippen molar-refractivity contribution in [2.75, 3.05) is 5.75 Å². The molecule has 2 fully saturated rings. The highest BCUT2D eigenvalue weighted by atomic mass is 32.2. The van der Waals surface area contributed by atoms with Crippen molar-refractivity contribution in [1.29, 1.82) is 0 Å². The Bertz CT molecular complexity index is 1110. The Balaban J connectivity index is 1.39. The lowest BCUT2D eigenvalue weighted by Crippen LogP contribution is -2.79. The average Bonchev–Trinajstić information content (AvgIpc) is 2.81. The van der Waals surface area contributed by atoms with E-state index < -0.39 is 39.9 Å². The fourth-order valence-electron chi connectivity index (χ4n) is 4.02. The fraction of sp³-hybridized carbons (Fsp3) is 0.348. The number of nitrogens with one attached hydrogen (secondary N) is 1. The van der Waals surface area contributed by atoms with Gasteiger partial charge in [0.15, 0.2) is 6.04 Å². The molecule has 3 unspecified atom stereocenters. The first-order valence-corrected chi connectivity index (χ1v) is 11.6. The quantitative estimate of drug-likeness (QED) is 0.260. The van der Waals surface area contributed by atoms with E-state index in [1.54, 1.807) is 0 Å². The molecular weight excluding hydrogens is 462 g/mol. The van der Waals surface area contributed by atoms with Crippen LogP contribution in [0.5, 0.6) is 0 Å². The Morgan fingerprint density at radius 2 is 1.88 bits per heavy atom. The van der Waals surface area contributed by atoms with E-state index in [0.717, 1.165) is 5.56 Å². The number of esters is 1. The van der Waals surface area contributed by atoms with Crippen molar-refractivity contribution in [3.63, 3.8) is 0 Å². The number of nitro groups is 1. The predicted octanol–water partition coefficient (Wildman–Crippen LogP) is 1.40. The van der Waals surface area contributed by atoms with Crippen molar-refractivity contribution < 1.29 is 29.2 Å². The SMILES string of the molecule is CC1(O)CS[C@H]2C(NC(=O)Cc3ccccc3)C(=O)N2C1C(=O)OCc1ccc([N+](=O)[O-])cc1. The van der Waals surface area contributed by atoms with E-state index in [0.29, 0.717) is 5.56 Å². The molecule has 2 heterocycles. The van der Waals surface area contributed by atoms with Gasteiger partial charge in [0.1, 0.15) is 23.6 Å². The summed E-state index contributed by atoms with van der Waals surface area (Å²) < 4.78 is 5.34. The van der Waals surface area contributed by atoms with E-state index in [1.165, 1.54) is 47.9 Å². The number of benzene rings is 2. The lowest BCUT2D eigenvalue weighted by Gasteiger charge is -2.56. The summed E-state index contributed by atoms with van der Waals surface area (Å²) in [6.07, 6.45) is 0.125. The van der Waals surface area contributed by atoms with Gasteiger partial charge in [-0.3, -0.25) is 19.7 Å². The number of hydrogen-bond acceptors (Lipinski definition) is 8. The molecule has 4 atom stereocenters. The summed E-state index contributed by atoms with van der Waals surface area (Å²) >= 11 is 1.29. The number of amides is 2. The number of nitrogens with zero attached hydrogens (tertiary/aromatic N) is 2. The normalized spacial score (nSPS) is 25.6. The van der Waals surface area contributed by atoms with Crippen molar-refractivity contribution in [2.45, 2.75) is 43.0 Å². The van der Waals surface area contributed by atoms with E-state index in [4.69, 9.17) is 4.74 Å². The number of fused-ring (bicyclic) bond motifs is 1. The molecule has 0 aromatic heterocycles. The molecule has 178 valence electrons. The lowest BCUT2D eigenvalue weighted by molar-refractivity contribution is -0.384. The van der Waals surface area contributed by atoms with E-state index in [9.17, 15) is 29.6 Å². The van der Waals surface area contributed by atoms with Crippen LogP contribution in [0.1, 0.15) is 18.1 Å². The molecular formula is C23H23N3O7S. The van der Waals surface area contributed by atoms with E-state index in [2.05, 4.69) is 5.32 Å². The van der Waals surface area contributed by atoms with Gasteiger partial charge < -0.3 is 20.1 Å². The van der Waals surface area contributed by atoms with Crippen LogP contribution in [0.25, 0.3) is 0 Å². The third kappa shape index (κ3) is 4.75. The van der Waals surface area contributed by atoms with Gasteiger partial charge in [-0.1, -0.05) is 30.3 Å². The van der Waals surface area contributed by atoms with Crippen LogP contribution in [0, 0.1) is 10.1 Å². The third-order valence-electron chi connectivity index (χ3n) is 5.77. The summed E-state index contributed by atoms with van der Waals surface area (Å²) in [6, 6.07) is 12.6. The number of nitro benzene ring substituents is 1. The van der Waals surface area contributed by atoms with Gasteiger partial charge in [0.25, 0.3) is 5.69 Å². The number of carbonyl (C=O) groups excluding carboxylic acids is 3. The van der Waals surface area contributed by atoms with Gasteiger partial charge in [-0.2, -0.15) is 0 Å². The van der Waals surface area contributed by atoms with E-state index in [1.807, 2.05) is 30.3 Å². The van der Waals surface area contributed by atoms with Crippen molar-refractivity contribution in [3.8, 4) is 0 Å². The minimum Gasteiger partial charge on any atom is -0.459 e. The number of thioether (sulfide) groups is 1. The summed E-state index contributed by atoms with van der Waals surface area (Å²) in [6.45, 7) is 1.29. The fourth-order valence-corrected chi connectivity index (χ4v) is 5.45. The Morgan fingerprint density at radius 3 is 2.53 bits per heavy atom. The monoisotopic (exact) mass is 485 g/mol. The summed E-state index contributed by atoms with van der Waals surface area (Å²) in [4.78, 5) is 49.7. The number of non-ortho nitro benzene ring substituents is 1. The van der Waals surface area contributed by atoms with Crippen LogP contribution >= 0.6 is 11.8 Å². The first-order valence-electron chi connectivity index (χ1n) is 10.6. The summed E-state index contributed by atoms with van der Waals surface area (Å²) in [5.41, 5.74) is -0.267. The van der Waals surface area contributed by atoms with Gasteiger partial charge in [0.2, 0.25) is 11.8 Å². The number of rotatable bonds is 7. The van der Waals surface area contributed by atoms with Crippen LogP contribution in [-0.4, -0.2) is 61.5 Å². The first kappa shape index (κ1) is 23.7. The molecule has 11 heteroatoms. The molecule has 0 aliphatic carbocycles. The number of carbonyl (C=O) groups is 3. The number of β-lactam (4-membered cyclic amide) rings is 1. The Morgan fingerprint density at radius 1 is 1.21 bits per heavy atom. The molecule has 2 N–H and O–H groups in total. The minimum absolute atomic E-state index is 0.0864. The maximum absolute atomic E-state index is 12.9. The van der Waals surface area contributed by atoms with Crippen molar-refractivity contribution in [3.05, 3.63) is 75.8 Å². The second-order valence-corrected chi connectivity index (χ2v) is 9.55. The van der Waals surface area contributed by atoms with E-state index in [-0.39, 0.29) is 30.4 Å². The zero-order valence-electron chi connectivity index (χ0n) is 18.2. The topological polar surface area (TPSA) is 139 Å². The number of ether oxygens (including phenoxy) is 1. The van der Waals surface area contributed by atoms with Crippen molar-refractivity contribution in [1.82, 2.24) is 10.2 Å². The van der Waals surface area contributed by atoms with Crippen LogP contribution < -0.4 is 5.32 Å². The van der Waals surface area contributed by atoms with Crippen molar-refractivity contribution in [2.24, 2.45) is 0 Å². The molecule has 2 aromatic rings. The maximum Gasteiger partial charge on any atom is 0.332 e. The molecule has 2 aromatic carbocycles. The van der Waals surface area contributed by atoms with Gasteiger partial charge in [0, 0.05) is 17.9 Å². The Kier molecular flexibility index (Phi) is 6.58. The van der Waals surface area contributed by atoms with Gasteiger partial charge in [0.05, 0.1) is 11.3 Å².